The first-order valence-electron chi connectivity index (χ1n) is 13.5. The van der Waals surface area contributed by atoms with Crippen LogP contribution in [-0.2, 0) is 9.47 Å². The maximum Gasteiger partial charge on any atom is 0.0918 e. The fourth-order valence-corrected chi connectivity index (χ4v) is 4.88. The molecular formula is C30H52O4. The van der Waals surface area contributed by atoms with Crippen molar-refractivity contribution < 1.29 is 19.7 Å². The average molecular weight is 477 g/mol. The number of allylic oxidation sites excluding steroid dienone is 6. The Kier molecular flexibility index (Phi) is 10.6. The predicted octanol–water partition coefficient (Wildman–Crippen LogP) is 7.19. The van der Waals surface area contributed by atoms with E-state index in [4.69, 9.17) is 9.47 Å². The van der Waals surface area contributed by atoms with Gasteiger partial charge in [-0.1, -0.05) is 34.9 Å². The lowest BCUT2D eigenvalue weighted by Crippen LogP contribution is -2.43. The van der Waals surface area contributed by atoms with Crippen LogP contribution in [0.1, 0.15) is 120 Å². The van der Waals surface area contributed by atoms with Crippen molar-refractivity contribution in [1.29, 1.82) is 0 Å². The minimum atomic E-state index is -0.864. The van der Waals surface area contributed by atoms with Crippen molar-refractivity contribution >= 4 is 0 Å². The largest absolute Gasteiger partial charge is 0.390 e. The van der Waals surface area contributed by atoms with Crippen LogP contribution in [0.5, 0.6) is 0 Å². The molecule has 2 aliphatic rings. The van der Waals surface area contributed by atoms with Crippen molar-refractivity contribution in [3.8, 4) is 0 Å². The molecule has 0 aromatic rings. The van der Waals surface area contributed by atoms with E-state index in [1.54, 1.807) is 13.8 Å². The third-order valence-electron chi connectivity index (χ3n) is 7.77. The summed E-state index contributed by atoms with van der Waals surface area (Å²) in [7, 11) is 0. The number of aliphatic hydroxyl groups is 2. The molecule has 2 heterocycles. The van der Waals surface area contributed by atoms with Crippen LogP contribution in [0.25, 0.3) is 0 Å². The molecule has 4 heteroatoms. The maximum absolute atomic E-state index is 10.7. The summed E-state index contributed by atoms with van der Waals surface area (Å²) in [5.74, 6) is 0. The summed E-state index contributed by atoms with van der Waals surface area (Å²) >= 11 is 0. The molecule has 34 heavy (non-hydrogen) atoms. The number of aliphatic hydroxyl groups excluding tert-OH is 1. The molecule has 0 bridgehead atoms. The third kappa shape index (κ3) is 9.60. The van der Waals surface area contributed by atoms with Crippen molar-refractivity contribution in [2.24, 2.45) is 0 Å². The van der Waals surface area contributed by atoms with E-state index in [2.05, 4.69) is 52.8 Å². The zero-order valence-electron chi connectivity index (χ0n) is 23.2. The predicted molar refractivity (Wildman–Crippen MR) is 142 cm³/mol. The second kappa shape index (κ2) is 12.3. The molecule has 4 nitrogen and oxygen atoms in total. The fraction of sp³-hybridized carbons (Fsp3) is 0.800. The Morgan fingerprint density at radius 3 is 1.97 bits per heavy atom. The van der Waals surface area contributed by atoms with E-state index < -0.39 is 17.3 Å². The van der Waals surface area contributed by atoms with E-state index in [1.165, 1.54) is 16.7 Å². The topological polar surface area (TPSA) is 62.2 Å². The van der Waals surface area contributed by atoms with E-state index in [-0.39, 0.29) is 11.7 Å². The first kappa shape index (κ1) is 29.3. The monoisotopic (exact) mass is 476 g/mol. The normalized spacial score (nSPS) is 28.9. The molecule has 0 aromatic carbocycles. The Balaban J connectivity index is 1.61. The summed E-state index contributed by atoms with van der Waals surface area (Å²) in [6, 6.07) is 0. The molecule has 2 saturated heterocycles. The lowest BCUT2D eigenvalue weighted by molar-refractivity contribution is -0.153. The molecule has 0 aliphatic carbocycles. The number of unbranched alkanes of at least 4 members (excludes halogenated alkanes) is 1. The zero-order chi connectivity index (χ0) is 25.6. The van der Waals surface area contributed by atoms with Gasteiger partial charge in [-0.25, -0.2) is 0 Å². The molecule has 0 spiro atoms. The smallest absolute Gasteiger partial charge is 0.0918 e. The van der Waals surface area contributed by atoms with Crippen LogP contribution in [0.2, 0.25) is 0 Å². The summed E-state index contributed by atoms with van der Waals surface area (Å²) in [4.78, 5) is 0. The van der Waals surface area contributed by atoms with Crippen molar-refractivity contribution in [3.63, 3.8) is 0 Å². The molecule has 0 radical (unpaired) electrons. The highest BCUT2D eigenvalue weighted by atomic mass is 16.6. The van der Waals surface area contributed by atoms with E-state index in [1.807, 2.05) is 6.92 Å². The van der Waals surface area contributed by atoms with Crippen LogP contribution in [0.4, 0.5) is 0 Å². The van der Waals surface area contributed by atoms with Crippen molar-refractivity contribution in [3.05, 3.63) is 34.9 Å². The van der Waals surface area contributed by atoms with Crippen LogP contribution in [0.15, 0.2) is 34.9 Å². The van der Waals surface area contributed by atoms with Gasteiger partial charge in [0.1, 0.15) is 0 Å². The van der Waals surface area contributed by atoms with E-state index >= 15 is 0 Å². The highest BCUT2D eigenvalue weighted by Crippen LogP contribution is 2.39. The molecule has 0 saturated carbocycles. The molecule has 4 unspecified atom stereocenters. The summed E-state index contributed by atoms with van der Waals surface area (Å²) in [5.41, 5.74) is 2.96. The van der Waals surface area contributed by atoms with Gasteiger partial charge in [-0.05, 0) is 120 Å². The number of rotatable bonds is 14. The van der Waals surface area contributed by atoms with Crippen LogP contribution >= 0.6 is 0 Å². The summed E-state index contributed by atoms with van der Waals surface area (Å²) < 4.78 is 11.7. The first-order valence-corrected chi connectivity index (χ1v) is 13.5. The Morgan fingerprint density at radius 2 is 1.44 bits per heavy atom. The van der Waals surface area contributed by atoms with Gasteiger partial charge >= 0.3 is 0 Å². The molecular weight excluding hydrogens is 424 g/mol. The number of epoxide rings is 1. The second-order valence-electron chi connectivity index (χ2n) is 12.2. The molecule has 2 aliphatic heterocycles. The Hall–Kier alpha value is -0.940. The summed E-state index contributed by atoms with van der Waals surface area (Å²) in [6.45, 7) is 16.5. The van der Waals surface area contributed by atoms with Gasteiger partial charge in [0.15, 0.2) is 0 Å². The molecule has 196 valence electrons. The van der Waals surface area contributed by atoms with E-state index in [0.29, 0.717) is 12.5 Å². The zero-order valence-corrected chi connectivity index (χ0v) is 23.2. The van der Waals surface area contributed by atoms with Gasteiger partial charge in [-0.15, -0.1) is 0 Å². The molecule has 4 atom stereocenters. The van der Waals surface area contributed by atoms with Gasteiger partial charge in [0.2, 0.25) is 0 Å². The highest BCUT2D eigenvalue weighted by molar-refractivity contribution is 5.07. The van der Waals surface area contributed by atoms with Crippen LogP contribution < -0.4 is 0 Å². The Labute approximate surface area is 209 Å². The van der Waals surface area contributed by atoms with Crippen LogP contribution in [0.3, 0.4) is 0 Å². The quantitative estimate of drug-likeness (QED) is 0.158. The van der Waals surface area contributed by atoms with Gasteiger partial charge in [0, 0.05) is 0 Å². The summed E-state index contributed by atoms with van der Waals surface area (Å²) in [5, 5.41) is 20.9. The van der Waals surface area contributed by atoms with Crippen molar-refractivity contribution in [2.45, 2.75) is 155 Å². The number of hydrogen-bond donors (Lipinski definition) is 2. The lowest BCUT2D eigenvalue weighted by atomic mass is 9.90. The first-order chi connectivity index (χ1) is 15.7. The Bertz CT molecular complexity index is 739. The van der Waals surface area contributed by atoms with E-state index in [0.717, 1.165) is 57.8 Å². The number of hydrogen-bond acceptors (Lipinski definition) is 4. The van der Waals surface area contributed by atoms with E-state index in [9.17, 15) is 10.2 Å². The number of ether oxygens (including phenoxy) is 2. The second-order valence-corrected chi connectivity index (χ2v) is 12.2. The van der Waals surface area contributed by atoms with Gasteiger partial charge in [-0.3, -0.25) is 0 Å². The molecule has 2 rings (SSSR count). The minimum Gasteiger partial charge on any atom is -0.390 e. The molecule has 2 N–H and O–H groups in total. The van der Waals surface area contributed by atoms with Crippen LogP contribution in [-0.4, -0.2) is 45.3 Å². The van der Waals surface area contributed by atoms with Crippen molar-refractivity contribution in [2.75, 3.05) is 0 Å². The summed E-state index contributed by atoms with van der Waals surface area (Å²) in [6.07, 6.45) is 16.6. The lowest BCUT2D eigenvalue weighted by Gasteiger charge is -2.33. The van der Waals surface area contributed by atoms with Gasteiger partial charge in [0.25, 0.3) is 0 Å². The van der Waals surface area contributed by atoms with Gasteiger partial charge < -0.3 is 19.7 Å². The van der Waals surface area contributed by atoms with Crippen molar-refractivity contribution in [1.82, 2.24) is 0 Å². The fourth-order valence-electron chi connectivity index (χ4n) is 4.88. The molecule has 0 aromatic heterocycles. The average Bonchev–Trinajstić information content (AvgIpc) is 3.13. The standard InChI is InChI=1S/C30H52O4/c1-22(14-11-15-24(3)17-19-27-29(6,7)33-27)12-9-10-13-23(2)16-18-25(31)30(8)21-20-26(34-30)28(4,5)32/h12-13,15,25-27,31-32H,9-11,14,16-21H2,1-8H3. The Morgan fingerprint density at radius 1 is 0.912 bits per heavy atom. The minimum absolute atomic E-state index is 0.107. The third-order valence-corrected chi connectivity index (χ3v) is 7.77. The van der Waals surface area contributed by atoms with Gasteiger partial charge in [-0.2, -0.15) is 0 Å². The molecule has 0 amide bonds. The molecule has 2 fully saturated rings. The SMILES string of the molecule is CC(=CCCC=C(C)CCC(O)C1(C)CCC(C(C)(C)O)O1)CCC=C(C)CCC1OC1(C)C. The maximum atomic E-state index is 10.7. The van der Waals surface area contributed by atoms with Crippen LogP contribution in [0, 0.1) is 0 Å². The van der Waals surface area contributed by atoms with Gasteiger partial charge in [0.05, 0.1) is 35.1 Å². The highest BCUT2D eigenvalue weighted by Gasteiger charge is 2.47.